The van der Waals surface area contributed by atoms with Gasteiger partial charge in [-0.25, -0.2) is 4.98 Å². The lowest BCUT2D eigenvalue weighted by Crippen LogP contribution is -2.49. The largest absolute Gasteiger partial charge is 0.489 e. The van der Waals surface area contributed by atoms with Gasteiger partial charge >= 0.3 is 0 Å². The molecule has 1 amide bonds. The average Bonchev–Trinajstić information content (AvgIpc) is 3.37. The van der Waals surface area contributed by atoms with E-state index < -0.39 is 0 Å². The van der Waals surface area contributed by atoms with Crippen LogP contribution in [0, 0.1) is 0 Å². The predicted molar refractivity (Wildman–Crippen MR) is 134 cm³/mol. The standard InChI is InChI=1S/C26H26N4O4S/c31-24-16-21(27-26-30(24)14-15-35-26)17-28-10-12-29(13-11-28)25(32)19-34-23-8-6-22(7-9-23)33-18-20-4-2-1-3-5-20/h1-9,14-16H,10-13,17-19H2. The first-order valence-electron chi connectivity index (χ1n) is 11.5. The molecule has 2 aromatic carbocycles. The third kappa shape index (κ3) is 5.87. The summed E-state index contributed by atoms with van der Waals surface area (Å²) in [6, 6.07) is 18.9. The minimum atomic E-state index is -0.0620. The highest BCUT2D eigenvalue weighted by Gasteiger charge is 2.22. The van der Waals surface area contributed by atoms with Crippen LogP contribution in [0.4, 0.5) is 0 Å². The first-order valence-corrected chi connectivity index (χ1v) is 12.4. The average molecular weight is 491 g/mol. The number of piperazine rings is 1. The monoisotopic (exact) mass is 490 g/mol. The third-order valence-electron chi connectivity index (χ3n) is 5.90. The molecule has 0 atom stereocenters. The molecule has 9 heteroatoms. The van der Waals surface area contributed by atoms with Crippen LogP contribution in [0.2, 0.25) is 0 Å². The van der Waals surface area contributed by atoms with Gasteiger partial charge in [-0.3, -0.25) is 18.9 Å². The van der Waals surface area contributed by atoms with Crippen molar-refractivity contribution >= 4 is 22.2 Å². The summed E-state index contributed by atoms with van der Waals surface area (Å²) in [7, 11) is 0. The van der Waals surface area contributed by atoms with Crippen LogP contribution in [0.5, 0.6) is 11.5 Å². The van der Waals surface area contributed by atoms with Crippen molar-refractivity contribution in [3.05, 3.63) is 93.9 Å². The van der Waals surface area contributed by atoms with Gasteiger partial charge in [-0.1, -0.05) is 30.3 Å². The third-order valence-corrected chi connectivity index (χ3v) is 6.66. The maximum Gasteiger partial charge on any atom is 0.260 e. The molecule has 2 aromatic heterocycles. The van der Waals surface area contributed by atoms with Crippen LogP contribution >= 0.6 is 11.3 Å². The molecule has 0 aliphatic carbocycles. The molecule has 0 saturated carbocycles. The number of hydrogen-bond donors (Lipinski definition) is 0. The smallest absolute Gasteiger partial charge is 0.260 e. The van der Waals surface area contributed by atoms with Crippen LogP contribution < -0.4 is 15.0 Å². The minimum Gasteiger partial charge on any atom is -0.489 e. The number of nitrogens with zero attached hydrogens (tertiary/aromatic N) is 4. The van der Waals surface area contributed by atoms with Gasteiger partial charge in [0.15, 0.2) is 11.6 Å². The summed E-state index contributed by atoms with van der Waals surface area (Å²) in [6.45, 7) is 3.79. The van der Waals surface area contributed by atoms with Gasteiger partial charge in [-0.05, 0) is 29.8 Å². The summed E-state index contributed by atoms with van der Waals surface area (Å²) in [5.74, 6) is 1.34. The van der Waals surface area contributed by atoms with E-state index >= 15 is 0 Å². The number of carbonyl (C=O) groups excluding carboxylic acids is 1. The van der Waals surface area contributed by atoms with Crippen LogP contribution in [0.3, 0.4) is 0 Å². The topological polar surface area (TPSA) is 76.4 Å². The maximum absolute atomic E-state index is 12.6. The van der Waals surface area contributed by atoms with Crippen molar-refractivity contribution in [3.63, 3.8) is 0 Å². The zero-order chi connectivity index (χ0) is 24.0. The molecule has 5 rings (SSSR count). The van der Waals surface area contributed by atoms with E-state index in [9.17, 15) is 9.59 Å². The van der Waals surface area contributed by atoms with Crippen LogP contribution in [0.25, 0.3) is 4.96 Å². The van der Waals surface area contributed by atoms with E-state index in [1.807, 2.05) is 64.9 Å². The summed E-state index contributed by atoms with van der Waals surface area (Å²) < 4.78 is 13.0. The van der Waals surface area contributed by atoms with Crippen LogP contribution in [-0.2, 0) is 17.9 Å². The molecule has 3 heterocycles. The van der Waals surface area contributed by atoms with Crippen LogP contribution in [0.1, 0.15) is 11.3 Å². The van der Waals surface area contributed by atoms with Crippen molar-refractivity contribution in [2.75, 3.05) is 32.8 Å². The summed E-state index contributed by atoms with van der Waals surface area (Å²) in [4.78, 5) is 34.1. The number of benzene rings is 2. The van der Waals surface area contributed by atoms with Crippen molar-refractivity contribution in [1.29, 1.82) is 0 Å². The fourth-order valence-electron chi connectivity index (χ4n) is 3.96. The Hall–Kier alpha value is -3.69. The summed E-state index contributed by atoms with van der Waals surface area (Å²) in [5.41, 5.74) is 1.80. The Morgan fingerprint density at radius 1 is 0.943 bits per heavy atom. The maximum atomic E-state index is 12.6. The van der Waals surface area contributed by atoms with E-state index in [0.717, 1.165) is 30.1 Å². The van der Waals surface area contributed by atoms with E-state index in [0.29, 0.717) is 37.0 Å². The number of hydrogen-bond acceptors (Lipinski definition) is 7. The lowest BCUT2D eigenvalue weighted by Gasteiger charge is -2.34. The number of ether oxygens (including phenoxy) is 2. The Kier molecular flexibility index (Phi) is 7.06. The Balaban J connectivity index is 1.06. The fraction of sp³-hybridized carbons (Fsp3) is 0.269. The highest BCUT2D eigenvalue weighted by Crippen LogP contribution is 2.19. The van der Waals surface area contributed by atoms with Crippen molar-refractivity contribution in [2.45, 2.75) is 13.2 Å². The number of fused-ring (bicyclic) bond motifs is 1. The number of rotatable bonds is 8. The lowest BCUT2D eigenvalue weighted by atomic mass is 10.2. The van der Waals surface area contributed by atoms with Gasteiger partial charge < -0.3 is 14.4 Å². The lowest BCUT2D eigenvalue weighted by molar-refractivity contribution is -0.135. The molecule has 8 nitrogen and oxygen atoms in total. The summed E-state index contributed by atoms with van der Waals surface area (Å²) >= 11 is 1.45. The molecule has 0 unspecified atom stereocenters. The number of thiazole rings is 1. The van der Waals surface area contributed by atoms with Gasteiger partial charge in [-0.15, -0.1) is 11.3 Å². The van der Waals surface area contributed by atoms with Gasteiger partial charge in [0, 0.05) is 50.4 Å². The molecule has 0 N–H and O–H groups in total. The SMILES string of the molecule is O=C(COc1ccc(OCc2ccccc2)cc1)N1CCN(Cc2cc(=O)n3ccsc3n2)CC1. The summed E-state index contributed by atoms with van der Waals surface area (Å²) in [5, 5.41) is 1.86. The zero-order valence-electron chi connectivity index (χ0n) is 19.2. The molecule has 35 heavy (non-hydrogen) atoms. The second-order valence-corrected chi connectivity index (χ2v) is 9.21. The molecule has 0 spiro atoms. The zero-order valence-corrected chi connectivity index (χ0v) is 20.0. The highest BCUT2D eigenvalue weighted by molar-refractivity contribution is 7.15. The molecule has 4 aromatic rings. The Morgan fingerprint density at radius 3 is 2.40 bits per heavy atom. The van der Waals surface area contributed by atoms with Crippen LogP contribution in [0.15, 0.2) is 77.0 Å². The van der Waals surface area contributed by atoms with Crippen LogP contribution in [-0.4, -0.2) is 57.9 Å². The molecular formula is C26H26N4O4S. The molecule has 1 fully saturated rings. The first-order chi connectivity index (χ1) is 17.1. The van der Waals surface area contributed by atoms with E-state index in [2.05, 4.69) is 9.88 Å². The first kappa shape index (κ1) is 23.1. The van der Waals surface area contributed by atoms with Gasteiger partial charge in [0.05, 0.1) is 5.69 Å². The van der Waals surface area contributed by atoms with Gasteiger partial charge in [0.25, 0.3) is 11.5 Å². The Bertz CT molecular complexity index is 1330. The van der Waals surface area contributed by atoms with Crippen molar-refractivity contribution < 1.29 is 14.3 Å². The van der Waals surface area contributed by atoms with Gasteiger partial charge in [0.2, 0.25) is 0 Å². The number of amides is 1. The molecule has 1 aliphatic rings. The Labute approximate surface area is 207 Å². The molecule has 0 bridgehead atoms. The quantitative estimate of drug-likeness (QED) is 0.378. The predicted octanol–water partition coefficient (Wildman–Crippen LogP) is 3.06. The van der Waals surface area contributed by atoms with Crippen molar-refractivity contribution in [1.82, 2.24) is 19.2 Å². The van der Waals surface area contributed by atoms with Gasteiger partial charge in [0.1, 0.15) is 18.1 Å². The second-order valence-electron chi connectivity index (χ2n) is 8.33. The molecular weight excluding hydrogens is 464 g/mol. The molecule has 1 saturated heterocycles. The van der Waals surface area contributed by atoms with E-state index in [1.54, 1.807) is 16.7 Å². The van der Waals surface area contributed by atoms with E-state index in [1.165, 1.54) is 11.3 Å². The summed E-state index contributed by atoms with van der Waals surface area (Å²) in [6.07, 6.45) is 1.74. The molecule has 1 aliphatic heterocycles. The highest BCUT2D eigenvalue weighted by atomic mass is 32.1. The van der Waals surface area contributed by atoms with Gasteiger partial charge in [-0.2, -0.15) is 0 Å². The van der Waals surface area contributed by atoms with Crippen molar-refractivity contribution in [2.24, 2.45) is 0 Å². The Morgan fingerprint density at radius 2 is 1.66 bits per heavy atom. The molecule has 0 radical (unpaired) electrons. The van der Waals surface area contributed by atoms with E-state index in [4.69, 9.17) is 9.47 Å². The minimum absolute atomic E-state index is 0.00240. The second kappa shape index (κ2) is 10.7. The fourth-order valence-corrected chi connectivity index (χ4v) is 4.70. The number of aromatic nitrogens is 2. The van der Waals surface area contributed by atoms with Crippen molar-refractivity contribution in [3.8, 4) is 11.5 Å². The van der Waals surface area contributed by atoms with E-state index in [-0.39, 0.29) is 18.1 Å². The normalized spacial score (nSPS) is 14.2. The number of carbonyl (C=O) groups is 1. The molecule has 180 valence electrons.